The lowest BCUT2D eigenvalue weighted by molar-refractivity contribution is -0.150. The van der Waals surface area contributed by atoms with E-state index in [9.17, 15) is 14.7 Å². The maximum Gasteiger partial charge on any atom is 0.306 e. The van der Waals surface area contributed by atoms with E-state index in [0.717, 1.165) is 44.4 Å². The molecular formula is C37H72N2O5S. The van der Waals surface area contributed by atoms with Gasteiger partial charge in [0.1, 0.15) is 6.10 Å². The number of nitrogens with zero attached hydrogens (tertiary/aromatic N) is 2. The van der Waals surface area contributed by atoms with E-state index in [2.05, 4.69) is 31.7 Å². The van der Waals surface area contributed by atoms with Crippen LogP contribution in [0.2, 0.25) is 0 Å². The highest BCUT2D eigenvalue weighted by atomic mass is 32.2. The van der Waals surface area contributed by atoms with Gasteiger partial charge in [-0.3, -0.25) is 9.59 Å². The Morgan fingerprint density at radius 3 is 1.89 bits per heavy atom. The summed E-state index contributed by atoms with van der Waals surface area (Å²) in [5, 5.41) is 10.3. The van der Waals surface area contributed by atoms with Crippen LogP contribution in [0.15, 0.2) is 12.2 Å². The van der Waals surface area contributed by atoms with Crippen molar-refractivity contribution in [3.05, 3.63) is 12.2 Å². The third kappa shape index (κ3) is 30.0. The minimum absolute atomic E-state index is 0.0115. The van der Waals surface area contributed by atoms with Crippen LogP contribution in [-0.4, -0.2) is 84.6 Å². The Morgan fingerprint density at radius 2 is 1.29 bits per heavy atom. The van der Waals surface area contributed by atoms with Gasteiger partial charge in [-0.15, -0.1) is 0 Å². The standard InChI is InChI=1S/C37H72N2O5S/c1-6-9-12-15-16-19-22-32-43-35(40)27-23-29-39(37(42)45-33-31-38(4)5)30-24-28-36(41)44-34(25-20-17-13-10-7-2)26-21-18-14-11-8-3/h19,22,34-35,40H,6-18,20-21,23-33H2,1-5H3/b22-19-. The van der Waals surface area contributed by atoms with Gasteiger partial charge in [0.2, 0.25) is 0 Å². The first-order chi connectivity index (χ1) is 21.8. The minimum atomic E-state index is -0.844. The molecule has 1 amide bonds. The fraction of sp³-hybridized carbons (Fsp3) is 0.892. The summed E-state index contributed by atoms with van der Waals surface area (Å²) in [5.74, 6) is 0.580. The van der Waals surface area contributed by atoms with Crippen LogP contribution in [0.25, 0.3) is 0 Å². The third-order valence-electron chi connectivity index (χ3n) is 8.04. The Kier molecular flexibility index (Phi) is 32.0. The van der Waals surface area contributed by atoms with E-state index in [1.807, 2.05) is 25.1 Å². The van der Waals surface area contributed by atoms with Gasteiger partial charge in [-0.2, -0.15) is 0 Å². The molecule has 1 N–H and O–H groups in total. The van der Waals surface area contributed by atoms with Crippen LogP contribution in [-0.2, 0) is 14.3 Å². The number of ether oxygens (including phenoxy) is 2. The van der Waals surface area contributed by atoms with Gasteiger partial charge in [0.15, 0.2) is 6.29 Å². The Balaban J connectivity index is 4.71. The fourth-order valence-electron chi connectivity index (χ4n) is 5.16. The van der Waals surface area contributed by atoms with Crippen molar-refractivity contribution >= 4 is 23.0 Å². The van der Waals surface area contributed by atoms with Crippen molar-refractivity contribution in [3.8, 4) is 0 Å². The number of allylic oxidation sites excluding steroid dienone is 1. The van der Waals surface area contributed by atoms with Crippen molar-refractivity contribution in [2.75, 3.05) is 46.1 Å². The Bertz CT molecular complexity index is 692. The fourth-order valence-corrected chi connectivity index (χ4v) is 6.15. The first-order valence-electron chi connectivity index (χ1n) is 18.5. The van der Waals surface area contributed by atoms with Crippen LogP contribution >= 0.6 is 11.8 Å². The summed E-state index contributed by atoms with van der Waals surface area (Å²) in [5.41, 5.74) is 0. The van der Waals surface area contributed by atoms with Gasteiger partial charge < -0.3 is 24.4 Å². The number of carbonyl (C=O) groups is 2. The molecule has 0 bridgehead atoms. The molecule has 1 unspecified atom stereocenters. The summed E-state index contributed by atoms with van der Waals surface area (Å²) in [6, 6.07) is 0. The van der Waals surface area contributed by atoms with Crippen LogP contribution in [0, 0.1) is 0 Å². The molecule has 0 aromatic heterocycles. The van der Waals surface area contributed by atoms with Gasteiger partial charge >= 0.3 is 5.97 Å². The SMILES string of the molecule is CCCCCC/C=C\COC(O)CCCN(CCCC(=O)OC(CCCCCCC)CCCCCCC)C(=O)SCCN(C)C. The van der Waals surface area contributed by atoms with Crippen LogP contribution in [0.1, 0.15) is 156 Å². The highest BCUT2D eigenvalue weighted by molar-refractivity contribution is 8.13. The molecule has 0 fully saturated rings. The van der Waals surface area contributed by atoms with Gasteiger partial charge in [0.05, 0.1) is 6.61 Å². The van der Waals surface area contributed by atoms with Crippen molar-refractivity contribution in [1.29, 1.82) is 0 Å². The number of unbranched alkanes of at least 4 members (excludes halogenated alkanes) is 12. The molecule has 1 atom stereocenters. The first-order valence-corrected chi connectivity index (χ1v) is 19.5. The van der Waals surface area contributed by atoms with Gasteiger partial charge in [-0.25, -0.2) is 0 Å². The Labute approximate surface area is 282 Å². The lowest BCUT2D eigenvalue weighted by Crippen LogP contribution is -2.32. The normalized spacial score (nSPS) is 12.4. The zero-order valence-electron chi connectivity index (χ0n) is 30.1. The Morgan fingerprint density at radius 1 is 0.711 bits per heavy atom. The first kappa shape index (κ1) is 43.9. The van der Waals surface area contributed by atoms with Gasteiger partial charge in [0.25, 0.3) is 5.24 Å². The van der Waals surface area contributed by atoms with E-state index in [-0.39, 0.29) is 17.3 Å². The average Bonchev–Trinajstić information content (AvgIpc) is 3.00. The third-order valence-corrected chi connectivity index (χ3v) is 8.94. The van der Waals surface area contributed by atoms with Gasteiger partial charge in [0, 0.05) is 31.8 Å². The molecular weight excluding hydrogens is 584 g/mol. The molecule has 0 saturated carbocycles. The highest BCUT2D eigenvalue weighted by Crippen LogP contribution is 2.18. The number of amides is 1. The molecule has 0 aromatic rings. The zero-order valence-corrected chi connectivity index (χ0v) is 30.9. The van der Waals surface area contributed by atoms with Crippen LogP contribution in [0.3, 0.4) is 0 Å². The Hall–Kier alpha value is -1.09. The van der Waals surface area contributed by atoms with E-state index in [4.69, 9.17) is 9.47 Å². The molecule has 266 valence electrons. The molecule has 0 spiro atoms. The second-order valence-electron chi connectivity index (χ2n) is 12.8. The lowest BCUT2D eigenvalue weighted by atomic mass is 10.0. The molecule has 0 rings (SSSR count). The lowest BCUT2D eigenvalue weighted by Gasteiger charge is -2.23. The van der Waals surface area contributed by atoms with Crippen molar-refractivity contribution in [2.45, 2.75) is 168 Å². The summed E-state index contributed by atoms with van der Waals surface area (Å²) >= 11 is 1.32. The number of esters is 1. The molecule has 0 aromatic carbocycles. The summed E-state index contributed by atoms with van der Waals surface area (Å²) in [6.07, 6.45) is 25.4. The molecule has 0 radical (unpaired) electrons. The number of thioether (sulfide) groups is 1. The quantitative estimate of drug-likeness (QED) is 0.0334. The summed E-state index contributed by atoms with van der Waals surface area (Å²) in [7, 11) is 4.00. The second-order valence-corrected chi connectivity index (χ2v) is 13.8. The van der Waals surface area contributed by atoms with Crippen molar-refractivity contribution in [1.82, 2.24) is 9.80 Å². The van der Waals surface area contributed by atoms with Crippen LogP contribution in [0.4, 0.5) is 4.79 Å². The zero-order chi connectivity index (χ0) is 33.4. The predicted octanol–water partition coefficient (Wildman–Crippen LogP) is 9.76. The largest absolute Gasteiger partial charge is 0.462 e. The predicted molar refractivity (Wildman–Crippen MR) is 193 cm³/mol. The van der Waals surface area contributed by atoms with Gasteiger partial charge in [-0.05, 0) is 71.9 Å². The molecule has 0 saturated heterocycles. The van der Waals surface area contributed by atoms with E-state index >= 15 is 0 Å². The number of carbonyl (C=O) groups excluding carboxylic acids is 2. The van der Waals surface area contributed by atoms with Crippen LogP contribution < -0.4 is 0 Å². The van der Waals surface area contributed by atoms with Crippen molar-refractivity contribution < 1.29 is 24.2 Å². The van der Waals surface area contributed by atoms with Gasteiger partial charge in [-0.1, -0.05) is 115 Å². The van der Waals surface area contributed by atoms with Crippen molar-refractivity contribution in [2.24, 2.45) is 0 Å². The highest BCUT2D eigenvalue weighted by Gasteiger charge is 2.18. The second kappa shape index (κ2) is 32.8. The monoisotopic (exact) mass is 657 g/mol. The smallest absolute Gasteiger partial charge is 0.306 e. The summed E-state index contributed by atoms with van der Waals surface area (Å²) < 4.78 is 11.5. The number of aliphatic hydroxyl groups is 1. The molecule has 45 heavy (non-hydrogen) atoms. The molecule has 0 aliphatic carbocycles. The molecule has 0 heterocycles. The molecule has 0 aliphatic rings. The van der Waals surface area contributed by atoms with Crippen LogP contribution in [0.5, 0.6) is 0 Å². The van der Waals surface area contributed by atoms with Crippen molar-refractivity contribution in [3.63, 3.8) is 0 Å². The van der Waals surface area contributed by atoms with E-state index in [1.165, 1.54) is 88.8 Å². The minimum Gasteiger partial charge on any atom is -0.462 e. The van der Waals surface area contributed by atoms with E-state index in [0.29, 0.717) is 45.4 Å². The topological polar surface area (TPSA) is 79.3 Å². The maximum absolute atomic E-state index is 13.0. The summed E-state index contributed by atoms with van der Waals surface area (Å²) in [6.45, 7) is 8.95. The molecule has 8 heteroatoms. The molecule has 7 nitrogen and oxygen atoms in total. The number of hydrogen-bond donors (Lipinski definition) is 1. The number of hydrogen-bond acceptors (Lipinski definition) is 7. The maximum atomic E-state index is 13.0. The number of rotatable bonds is 32. The number of aliphatic hydroxyl groups excluding tert-OH is 1. The van der Waals surface area contributed by atoms with E-state index < -0.39 is 6.29 Å². The average molecular weight is 657 g/mol. The molecule has 0 aliphatic heterocycles. The van der Waals surface area contributed by atoms with E-state index in [1.54, 1.807) is 0 Å². The summed E-state index contributed by atoms with van der Waals surface area (Å²) in [4.78, 5) is 29.8.